The first kappa shape index (κ1) is 13.9. The van der Waals surface area contributed by atoms with E-state index in [9.17, 15) is 5.21 Å². The number of fused-ring (bicyclic) bond motifs is 4. The van der Waals surface area contributed by atoms with Crippen LogP contribution in [0.2, 0.25) is 0 Å². The minimum absolute atomic E-state index is 0.619. The standard InChI is InChI=1S/C22H14N2O/c25-24-22-16-8-3-2-7-15(16)21-17(9-5-10-18(21)22)20-13-12-14-6-1-4-11-19(14)23-20/h1-13,25H. The lowest BCUT2D eigenvalue weighted by Crippen LogP contribution is -1.97. The van der Waals surface area contributed by atoms with Crippen LogP contribution < -0.4 is 0 Å². The smallest absolute Gasteiger partial charge is 0.118 e. The molecule has 3 heteroatoms. The van der Waals surface area contributed by atoms with Crippen molar-refractivity contribution in [2.45, 2.75) is 0 Å². The van der Waals surface area contributed by atoms with Crippen LogP contribution in [0.3, 0.4) is 0 Å². The summed E-state index contributed by atoms with van der Waals surface area (Å²) in [5.74, 6) is 0. The van der Waals surface area contributed by atoms with Crippen molar-refractivity contribution in [2.24, 2.45) is 5.16 Å². The molecule has 0 saturated heterocycles. The van der Waals surface area contributed by atoms with Crippen LogP contribution in [0.1, 0.15) is 11.1 Å². The van der Waals surface area contributed by atoms with Gasteiger partial charge >= 0.3 is 0 Å². The third kappa shape index (κ3) is 1.99. The number of oxime groups is 1. The highest BCUT2D eigenvalue weighted by Crippen LogP contribution is 2.42. The van der Waals surface area contributed by atoms with Crippen molar-refractivity contribution < 1.29 is 5.21 Å². The van der Waals surface area contributed by atoms with Crippen LogP contribution in [0.4, 0.5) is 0 Å². The molecule has 1 heterocycles. The van der Waals surface area contributed by atoms with Crippen molar-refractivity contribution in [1.82, 2.24) is 4.98 Å². The fourth-order valence-electron chi connectivity index (χ4n) is 3.63. The summed E-state index contributed by atoms with van der Waals surface area (Å²) in [7, 11) is 0. The first-order valence-electron chi connectivity index (χ1n) is 8.18. The highest BCUT2D eigenvalue weighted by molar-refractivity contribution is 6.26. The van der Waals surface area contributed by atoms with Crippen LogP contribution >= 0.6 is 0 Å². The molecule has 1 aliphatic rings. The lowest BCUT2D eigenvalue weighted by Gasteiger charge is -2.09. The second kappa shape index (κ2) is 5.28. The molecule has 5 rings (SSSR count). The molecule has 0 radical (unpaired) electrons. The van der Waals surface area contributed by atoms with Crippen LogP contribution in [0.15, 0.2) is 84.0 Å². The zero-order valence-electron chi connectivity index (χ0n) is 13.3. The number of hydrogen-bond acceptors (Lipinski definition) is 3. The van der Waals surface area contributed by atoms with Crippen LogP contribution in [-0.4, -0.2) is 15.9 Å². The van der Waals surface area contributed by atoms with Gasteiger partial charge < -0.3 is 5.21 Å². The molecule has 1 N–H and O–H groups in total. The first-order chi connectivity index (χ1) is 12.4. The molecule has 3 nitrogen and oxygen atoms in total. The third-order valence-electron chi connectivity index (χ3n) is 4.75. The molecule has 0 aliphatic heterocycles. The maximum Gasteiger partial charge on any atom is 0.118 e. The Balaban J connectivity index is 1.82. The SMILES string of the molecule is ON=C1c2ccccc2-c2c1cccc2-c1ccc2ccccc2n1. The Labute approximate surface area is 144 Å². The van der Waals surface area contributed by atoms with Gasteiger partial charge in [0.05, 0.1) is 11.2 Å². The minimum Gasteiger partial charge on any atom is -0.410 e. The number of benzene rings is 3. The third-order valence-corrected chi connectivity index (χ3v) is 4.75. The summed E-state index contributed by atoms with van der Waals surface area (Å²) in [6, 6.07) is 26.3. The molecular formula is C22H14N2O. The van der Waals surface area contributed by atoms with Gasteiger partial charge in [-0.25, -0.2) is 4.98 Å². The van der Waals surface area contributed by atoms with E-state index in [2.05, 4.69) is 35.5 Å². The summed E-state index contributed by atoms with van der Waals surface area (Å²) in [6.07, 6.45) is 0. The maximum atomic E-state index is 9.53. The van der Waals surface area contributed by atoms with E-state index in [0.717, 1.165) is 44.4 Å². The van der Waals surface area contributed by atoms with Gasteiger partial charge in [-0.3, -0.25) is 0 Å². The van der Waals surface area contributed by atoms with Gasteiger partial charge in [0.15, 0.2) is 0 Å². The average molecular weight is 322 g/mol. The molecule has 0 unspecified atom stereocenters. The summed E-state index contributed by atoms with van der Waals surface area (Å²) in [4.78, 5) is 4.84. The molecule has 0 bridgehead atoms. The topological polar surface area (TPSA) is 45.5 Å². The molecule has 1 aromatic heterocycles. The van der Waals surface area contributed by atoms with E-state index in [1.807, 2.05) is 48.5 Å². The van der Waals surface area contributed by atoms with Crippen molar-refractivity contribution in [3.8, 4) is 22.4 Å². The minimum atomic E-state index is 0.619. The maximum absolute atomic E-state index is 9.53. The highest BCUT2D eigenvalue weighted by Gasteiger charge is 2.27. The van der Waals surface area contributed by atoms with Crippen LogP contribution in [0.5, 0.6) is 0 Å². The van der Waals surface area contributed by atoms with Gasteiger partial charge in [0.2, 0.25) is 0 Å². The van der Waals surface area contributed by atoms with E-state index in [0.29, 0.717) is 5.71 Å². The molecule has 118 valence electrons. The zero-order valence-corrected chi connectivity index (χ0v) is 13.3. The first-order valence-corrected chi connectivity index (χ1v) is 8.18. The number of hydrogen-bond donors (Lipinski definition) is 1. The molecule has 1 aliphatic carbocycles. The van der Waals surface area contributed by atoms with Crippen LogP contribution in [0, 0.1) is 0 Å². The van der Waals surface area contributed by atoms with E-state index < -0.39 is 0 Å². The number of para-hydroxylation sites is 1. The number of rotatable bonds is 1. The van der Waals surface area contributed by atoms with Crippen molar-refractivity contribution in [3.63, 3.8) is 0 Å². The summed E-state index contributed by atoms with van der Waals surface area (Å²) >= 11 is 0. The predicted molar refractivity (Wildman–Crippen MR) is 100 cm³/mol. The monoisotopic (exact) mass is 322 g/mol. The lowest BCUT2D eigenvalue weighted by molar-refractivity contribution is 0.320. The van der Waals surface area contributed by atoms with E-state index in [4.69, 9.17) is 4.98 Å². The zero-order chi connectivity index (χ0) is 16.8. The molecule has 0 atom stereocenters. The summed E-state index contributed by atoms with van der Waals surface area (Å²) in [5.41, 5.74) is 7.61. The van der Waals surface area contributed by atoms with Gasteiger partial charge in [-0.1, -0.05) is 71.9 Å². The summed E-state index contributed by atoms with van der Waals surface area (Å²) in [6.45, 7) is 0. The molecule has 0 amide bonds. The summed E-state index contributed by atoms with van der Waals surface area (Å²) in [5, 5.41) is 14.2. The number of pyridine rings is 1. The Hall–Kier alpha value is -3.46. The number of nitrogens with zero attached hydrogens (tertiary/aromatic N) is 2. The molecule has 0 spiro atoms. The molecule has 0 fully saturated rings. The second-order valence-corrected chi connectivity index (χ2v) is 6.11. The molecule has 25 heavy (non-hydrogen) atoms. The Morgan fingerprint density at radius 1 is 0.640 bits per heavy atom. The van der Waals surface area contributed by atoms with Gasteiger partial charge in [-0.05, 0) is 17.7 Å². The molecule has 4 aromatic rings. The highest BCUT2D eigenvalue weighted by atomic mass is 16.4. The summed E-state index contributed by atoms with van der Waals surface area (Å²) < 4.78 is 0. The van der Waals surface area contributed by atoms with Gasteiger partial charge in [0.1, 0.15) is 5.71 Å². The fourth-order valence-corrected chi connectivity index (χ4v) is 3.63. The van der Waals surface area contributed by atoms with Gasteiger partial charge in [-0.2, -0.15) is 0 Å². The van der Waals surface area contributed by atoms with E-state index >= 15 is 0 Å². The van der Waals surface area contributed by atoms with Gasteiger partial charge in [0, 0.05) is 27.6 Å². The Morgan fingerprint density at radius 2 is 1.36 bits per heavy atom. The lowest BCUT2D eigenvalue weighted by atomic mass is 9.96. The largest absolute Gasteiger partial charge is 0.410 e. The van der Waals surface area contributed by atoms with Crippen molar-refractivity contribution >= 4 is 16.6 Å². The van der Waals surface area contributed by atoms with Gasteiger partial charge in [0.25, 0.3) is 0 Å². The molecule has 3 aromatic carbocycles. The molecule has 0 saturated carbocycles. The predicted octanol–water partition coefficient (Wildman–Crippen LogP) is 5.11. The fraction of sp³-hybridized carbons (Fsp3) is 0. The van der Waals surface area contributed by atoms with Crippen molar-refractivity contribution in [2.75, 3.05) is 0 Å². The van der Waals surface area contributed by atoms with E-state index in [-0.39, 0.29) is 0 Å². The Bertz CT molecular complexity index is 1160. The average Bonchev–Trinajstić information content (AvgIpc) is 3.01. The Morgan fingerprint density at radius 3 is 2.24 bits per heavy atom. The number of aromatic nitrogens is 1. The van der Waals surface area contributed by atoms with Crippen LogP contribution in [-0.2, 0) is 0 Å². The quantitative estimate of drug-likeness (QED) is 0.344. The molecular weight excluding hydrogens is 308 g/mol. The van der Waals surface area contributed by atoms with Crippen molar-refractivity contribution in [1.29, 1.82) is 0 Å². The van der Waals surface area contributed by atoms with Gasteiger partial charge in [-0.15, -0.1) is 0 Å². The van der Waals surface area contributed by atoms with Crippen LogP contribution in [0.25, 0.3) is 33.3 Å². The normalized spacial score (nSPS) is 13.8. The second-order valence-electron chi connectivity index (χ2n) is 6.11. The van der Waals surface area contributed by atoms with E-state index in [1.54, 1.807) is 0 Å². The van der Waals surface area contributed by atoms with Crippen molar-refractivity contribution in [3.05, 3.63) is 90.0 Å². The van der Waals surface area contributed by atoms with E-state index in [1.165, 1.54) is 0 Å². The Kier molecular flexibility index (Phi) is 2.94.